The maximum absolute atomic E-state index is 13.3. The second kappa shape index (κ2) is 7.37. The van der Waals surface area contributed by atoms with E-state index in [0.717, 1.165) is 36.6 Å². The Balaban J connectivity index is 1.41. The van der Waals surface area contributed by atoms with Crippen LogP contribution in [-0.4, -0.2) is 51.5 Å². The molecule has 2 aromatic heterocycles. The van der Waals surface area contributed by atoms with Gasteiger partial charge in [-0.2, -0.15) is 0 Å². The standard InChI is InChI=1S/C23H24N4O2/c1-29-19-8-6-17(7-9-19)14-27-22-16-25(13-18-4-2-10-24-12-18)15-21(22)26-11-3-5-20(26)23(27)28/h2-12,21-22H,13-16H2,1H3/t21-,22-/m0/s1. The largest absolute Gasteiger partial charge is 0.497 e. The van der Waals surface area contributed by atoms with E-state index in [1.807, 2.05) is 59.8 Å². The molecule has 6 heteroatoms. The second-order valence-corrected chi connectivity index (χ2v) is 7.77. The van der Waals surface area contributed by atoms with Crippen molar-refractivity contribution in [2.75, 3.05) is 20.2 Å². The van der Waals surface area contributed by atoms with Gasteiger partial charge in [0.2, 0.25) is 0 Å². The summed E-state index contributed by atoms with van der Waals surface area (Å²) >= 11 is 0. The van der Waals surface area contributed by atoms with Crippen LogP contribution in [0.25, 0.3) is 0 Å². The van der Waals surface area contributed by atoms with Crippen molar-refractivity contribution in [1.29, 1.82) is 0 Å². The van der Waals surface area contributed by atoms with E-state index in [2.05, 4.69) is 20.5 Å². The summed E-state index contributed by atoms with van der Waals surface area (Å²) in [5.74, 6) is 0.935. The lowest BCUT2D eigenvalue weighted by Crippen LogP contribution is -2.49. The summed E-state index contributed by atoms with van der Waals surface area (Å²) in [7, 11) is 1.66. The van der Waals surface area contributed by atoms with Crippen LogP contribution in [0.4, 0.5) is 0 Å². The quantitative estimate of drug-likeness (QED) is 0.674. The van der Waals surface area contributed by atoms with Crippen LogP contribution in [0.15, 0.2) is 67.1 Å². The molecule has 0 unspecified atom stereocenters. The monoisotopic (exact) mass is 388 g/mol. The number of benzene rings is 1. The van der Waals surface area contributed by atoms with Crippen LogP contribution < -0.4 is 4.74 Å². The predicted octanol–water partition coefficient (Wildman–Crippen LogP) is 2.97. The number of likely N-dealkylation sites (tertiary alicyclic amines) is 1. The summed E-state index contributed by atoms with van der Waals surface area (Å²) in [5, 5.41) is 0. The van der Waals surface area contributed by atoms with Crippen molar-refractivity contribution >= 4 is 5.91 Å². The van der Waals surface area contributed by atoms with Gasteiger partial charge in [-0.1, -0.05) is 18.2 Å². The van der Waals surface area contributed by atoms with Gasteiger partial charge in [0.1, 0.15) is 11.4 Å². The molecule has 1 saturated heterocycles. The summed E-state index contributed by atoms with van der Waals surface area (Å²) < 4.78 is 7.43. The first-order chi connectivity index (χ1) is 14.2. The molecule has 6 nitrogen and oxygen atoms in total. The Labute approximate surface area is 170 Å². The summed E-state index contributed by atoms with van der Waals surface area (Å²) in [6, 6.07) is 16.4. The van der Waals surface area contributed by atoms with E-state index in [4.69, 9.17) is 4.74 Å². The van der Waals surface area contributed by atoms with Crippen LogP contribution in [0.5, 0.6) is 5.75 Å². The molecule has 0 aliphatic carbocycles. The van der Waals surface area contributed by atoms with Gasteiger partial charge in [-0.05, 0) is 41.5 Å². The molecule has 1 fully saturated rings. The van der Waals surface area contributed by atoms with Gasteiger partial charge in [0.25, 0.3) is 5.91 Å². The molecular formula is C23H24N4O2. The van der Waals surface area contributed by atoms with Crippen molar-refractivity contribution in [1.82, 2.24) is 19.4 Å². The third-order valence-electron chi connectivity index (χ3n) is 5.99. The van der Waals surface area contributed by atoms with Gasteiger partial charge in [-0.3, -0.25) is 14.7 Å². The average Bonchev–Trinajstić information content (AvgIpc) is 3.39. The fourth-order valence-corrected chi connectivity index (χ4v) is 4.58. The van der Waals surface area contributed by atoms with Gasteiger partial charge in [-0.25, -0.2) is 0 Å². The zero-order chi connectivity index (χ0) is 19.8. The number of pyridine rings is 1. The zero-order valence-corrected chi connectivity index (χ0v) is 16.4. The smallest absolute Gasteiger partial charge is 0.271 e. The van der Waals surface area contributed by atoms with Crippen molar-refractivity contribution in [3.8, 4) is 5.75 Å². The van der Waals surface area contributed by atoms with Crippen LogP contribution in [0.2, 0.25) is 0 Å². The highest BCUT2D eigenvalue weighted by Gasteiger charge is 2.44. The molecule has 0 bridgehead atoms. The molecule has 148 valence electrons. The summed E-state index contributed by atoms with van der Waals surface area (Å²) in [4.78, 5) is 22.0. The van der Waals surface area contributed by atoms with Crippen molar-refractivity contribution in [2.45, 2.75) is 25.2 Å². The maximum Gasteiger partial charge on any atom is 0.271 e. The molecular weight excluding hydrogens is 364 g/mol. The number of hydrogen-bond donors (Lipinski definition) is 0. The predicted molar refractivity (Wildman–Crippen MR) is 110 cm³/mol. The Morgan fingerprint density at radius 3 is 2.59 bits per heavy atom. The SMILES string of the molecule is COc1ccc(CN2C(=O)c3cccn3[C@H]3CN(Cc4cccnc4)C[C@@H]32)cc1. The number of methoxy groups -OCH3 is 1. The molecule has 1 amide bonds. The van der Waals surface area contributed by atoms with Gasteiger partial charge < -0.3 is 14.2 Å². The lowest BCUT2D eigenvalue weighted by Gasteiger charge is -2.38. The first kappa shape index (κ1) is 17.9. The summed E-state index contributed by atoms with van der Waals surface area (Å²) in [5.41, 5.74) is 3.10. The molecule has 4 heterocycles. The minimum Gasteiger partial charge on any atom is -0.497 e. The number of ether oxygens (including phenoxy) is 1. The van der Waals surface area contributed by atoms with Gasteiger partial charge in [0.15, 0.2) is 0 Å². The number of rotatable bonds is 5. The zero-order valence-electron chi connectivity index (χ0n) is 16.4. The van der Waals surface area contributed by atoms with Gasteiger partial charge >= 0.3 is 0 Å². The van der Waals surface area contributed by atoms with Crippen LogP contribution in [-0.2, 0) is 13.1 Å². The highest BCUT2D eigenvalue weighted by Crippen LogP contribution is 2.35. The van der Waals surface area contributed by atoms with Crippen molar-refractivity contribution in [3.05, 3.63) is 83.9 Å². The molecule has 0 spiro atoms. The average molecular weight is 388 g/mol. The van der Waals surface area contributed by atoms with Gasteiger partial charge in [0, 0.05) is 44.8 Å². The van der Waals surface area contributed by atoms with E-state index in [-0.39, 0.29) is 18.0 Å². The van der Waals surface area contributed by atoms with E-state index in [1.165, 1.54) is 5.56 Å². The lowest BCUT2D eigenvalue weighted by atomic mass is 10.0. The Bertz CT molecular complexity index is 999. The van der Waals surface area contributed by atoms with E-state index >= 15 is 0 Å². The minimum absolute atomic E-state index is 0.107. The first-order valence-electron chi connectivity index (χ1n) is 9.95. The number of aromatic nitrogens is 2. The van der Waals surface area contributed by atoms with Gasteiger partial charge in [-0.15, -0.1) is 0 Å². The van der Waals surface area contributed by atoms with Crippen LogP contribution in [0.1, 0.15) is 27.7 Å². The van der Waals surface area contributed by atoms with Crippen molar-refractivity contribution in [3.63, 3.8) is 0 Å². The van der Waals surface area contributed by atoms with E-state index < -0.39 is 0 Å². The molecule has 0 saturated carbocycles. The molecule has 2 aliphatic heterocycles. The number of fused-ring (bicyclic) bond motifs is 3. The lowest BCUT2D eigenvalue weighted by molar-refractivity contribution is 0.0556. The highest BCUT2D eigenvalue weighted by atomic mass is 16.5. The molecule has 3 aromatic rings. The number of nitrogens with zero attached hydrogens (tertiary/aromatic N) is 4. The Morgan fingerprint density at radius 2 is 1.83 bits per heavy atom. The molecule has 5 rings (SSSR count). The second-order valence-electron chi connectivity index (χ2n) is 7.77. The topological polar surface area (TPSA) is 50.6 Å². The number of carbonyl (C=O) groups is 1. The molecule has 0 N–H and O–H groups in total. The highest BCUT2D eigenvalue weighted by molar-refractivity contribution is 5.94. The Kier molecular flexibility index (Phi) is 4.56. The summed E-state index contributed by atoms with van der Waals surface area (Å²) in [6.07, 6.45) is 5.77. The van der Waals surface area contributed by atoms with Crippen LogP contribution >= 0.6 is 0 Å². The third-order valence-corrected chi connectivity index (χ3v) is 5.99. The first-order valence-corrected chi connectivity index (χ1v) is 9.95. The fourth-order valence-electron chi connectivity index (χ4n) is 4.58. The van der Waals surface area contributed by atoms with Crippen molar-refractivity contribution < 1.29 is 9.53 Å². The van der Waals surface area contributed by atoms with E-state index in [9.17, 15) is 4.79 Å². The maximum atomic E-state index is 13.3. The van der Waals surface area contributed by atoms with E-state index in [1.54, 1.807) is 13.3 Å². The molecule has 2 atom stereocenters. The minimum atomic E-state index is 0.107. The van der Waals surface area contributed by atoms with E-state index in [0.29, 0.717) is 6.54 Å². The fraction of sp³-hybridized carbons (Fsp3) is 0.304. The number of carbonyl (C=O) groups excluding carboxylic acids is 1. The number of hydrogen-bond acceptors (Lipinski definition) is 4. The Morgan fingerprint density at radius 1 is 1.00 bits per heavy atom. The molecule has 2 aliphatic rings. The van der Waals surface area contributed by atoms with Crippen molar-refractivity contribution in [2.24, 2.45) is 0 Å². The summed E-state index contributed by atoms with van der Waals surface area (Å²) in [6.45, 7) is 3.24. The third kappa shape index (κ3) is 3.29. The number of amides is 1. The Hall–Kier alpha value is -3.12. The normalized spacial score (nSPS) is 21.1. The van der Waals surface area contributed by atoms with Crippen LogP contribution in [0, 0.1) is 0 Å². The van der Waals surface area contributed by atoms with Crippen LogP contribution in [0.3, 0.4) is 0 Å². The molecule has 1 aromatic carbocycles. The molecule has 29 heavy (non-hydrogen) atoms. The molecule has 0 radical (unpaired) electrons. The van der Waals surface area contributed by atoms with Gasteiger partial charge in [0.05, 0.1) is 19.2 Å².